The quantitative estimate of drug-likeness (QED) is 0.271. The lowest BCUT2D eigenvalue weighted by molar-refractivity contribution is -0.384. The Labute approximate surface area is 99.4 Å². The standard InChI is InChI=1S/C7H4N6O4S/c8-10-11-18(16,17)12-4-9-6-3-5(13(14)15)1-2-7(6)12/h1-4H. The first-order valence-corrected chi connectivity index (χ1v) is 5.79. The van der Waals surface area contributed by atoms with Gasteiger partial charge in [0.05, 0.1) is 20.5 Å². The van der Waals surface area contributed by atoms with Gasteiger partial charge in [-0.05, 0) is 11.6 Å². The van der Waals surface area contributed by atoms with E-state index in [1.807, 2.05) is 0 Å². The number of hydrogen-bond acceptors (Lipinski definition) is 5. The Morgan fingerprint density at radius 3 is 2.83 bits per heavy atom. The van der Waals surface area contributed by atoms with Gasteiger partial charge < -0.3 is 0 Å². The summed E-state index contributed by atoms with van der Waals surface area (Å²) in [6, 6.07) is 3.47. The highest BCUT2D eigenvalue weighted by Crippen LogP contribution is 2.21. The highest BCUT2D eigenvalue weighted by atomic mass is 32.2. The Kier molecular flexibility index (Phi) is 2.61. The van der Waals surface area contributed by atoms with E-state index < -0.39 is 15.1 Å². The normalized spacial score (nSPS) is 11.1. The highest BCUT2D eigenvalue weighted by molar-refractivity contribution is 7.88. The van der Waals surface area contributed by atoms with Gasteiger partial charge in [0.2, 0.25) is 0 Å². The predicted molar refractivity (Wildman–Crippen MR) is 59.9 cm³/mol. The zero-order valence-electron chi connectivity index (χ0n) is 8.53. The zero-order valence-corrected chi connectivity index (χ0v) is 9.35. The van der Waals surface area contributed by atoms with Crippen molar-refractivity contribution in [3.8, 4) is 0 Å². The number of nitrogens with zero attached hydrogens (tertiary/aromatic N) is 6. The highest BCUT2D eigenvalue weighted by Gasteiger charge is 2.16. The zero-order chi connectivity index (χ0) is 13.3. The maximum atomic E-state index is 11.5. The summed E-state index contributed by atoms with van der Waals surface area (Å²) in [7, 11) is -4.23. The molecule has 0 saturated carbocycles. The van der Waals surface area contributed by atoms with Crippen LogP contribution in [-0.2, 0) is 10.2 Å². The van der Waals surface area contributed by atoms with Gasteiger partial charge in [-0.2, -0.15) is 8.42 Å². The van der Waals surface area contributed by atoms with Crippen molar-refractivity contribution in [3.05, 3.63) is 45.1 Å². The van der Waals surface area contributed by atoms with Crippen molar-refractivity contribution >= 4 is 26.9 Å². The first-order chi connectivity index (χ1) is 8.45. The smallest absolute Gasteiger partial charge is 0.258 e. The molecule has 11 heteroatoms. The molecule has 0 fully saturated rings. The average Bonchev–Trinajstić information content (AvgIpc) is 2.71. The molecule has 0 bridgehead atoms. The average molecular weight is 268 g/mol. The number of benzene rings is 1. The van der Waals surface area contributed by atoms with E-state index in [2.05, 4.69) is 14.4 Å². The van der Waals surface area contributed by atoms with Crippen LogP contribution in [0.5, 0.6) is 0 Å². The third-order valence-electron chi connectivity index (χ3n) is 2.10. The van der Waals surface area contributed by atoms with E-state index in [9.17, 15) is 18.5 Å². The van der Waals surface area contributed by atoms with Crippen LogP contribution >= 0.6 is 0 Å². The minimum Gasteiger partial charge on any atom is -0.258 e. The van der Waals surface area contributed by atoms with Gasteiger partial charge in [0.15, 0.2) is 0 Å². The van der Waals surface area contributed by atoms with Crippen molar-refractivity contribution < 1.29 is 13.3 Å². The molecule has 10 nitrogen and oxygen atoms in total. The molecule has 2 aromatic rings. The van der Waals surface area contributed by atoms with Crippen LogP contribution < -0.4 is 0 Å². The number of nitro groups is 1. The van der Waals surface area contributed by atoms with Gasteiger partial charge in [0, 0.05) is 17.0 Å². The number of fused-ring (bicyclic) bond motifs is 1. The number of nitro benzene ring substituents is 1. The van der Waals surface area contributed by atoms with Crippen LogP contribution in [0.3, 0.4) is 0 Å². The molecule has 0 aliphatic carbocycles. The minimum absolute atomic E-state index is 0.0907. The van der Waals surface area contributed by atoms with Gasteiger partial charge >= 0.3 is 10.2 Å². The fraction of sp³-hybridized carbons (Fsp3) is 0. The second-order valence-electron chi connectivity index (χ2n) is 3.12. The van der Waals surface area contributed by atoms with Crippen LogP contribution in [0.25, 0.3) is 21.5 Å². The Morgan fingerprint density at radius 2 is 2.22 bits per heavy atom. The fourth-order valence-electron chi connectivity index (χ4n) is 1.36. The Bertz CT molecular complexity index is 787. The van der Waals surface area contributed by atoms with E-state index in [1.165, 1.54) is 6.07 Å². The summed E-state index contributed by atoms with van der Waals surface area (Å²) in [4.78, 5) is 15.8. The molecule has 0 atom stereocenters. The summed E-state index contributed by atoms with van der Waals surface area (Å²) in [6.07, 6.45) is 0.915. The minimum atomic E-state index is -4.23. The molecule has 0 spiro atoms. The number of azide groups is 1. The van der Waals surface area contributed by atoms with Crippen LogP contribution in [-0.4, -0.2) is 22.3 Å². The van der Waals surface area contributed by atoms with Crippen LogP contribution in [0.1, 0.15) is 0 Å². The van der Waals surface area contributed by atoms with Crippen LogP contribution in [0, 0.1) is 10.1 Å². The number of rotatable bonds is 3. The van der Waals surface area contributed by atoms with E-state index in [0.717, 1.165) is 18.5 Å². The summed E-state index contributed by atoms with van der Waals surface area (Å²) < 4.78 is 26.3. The van der Waals surface area contributed by atoms with E-state index in [-0.39, 0.29) is 16.7 Å². The maximum absolute atomic E-state index is 11.5. The SMILES string of the molecule is [N-]=[N+]=NS(=O)(=O)n1cnc2cc([N+](=O)[O-])ccc21. The van der Waals surface area contributed by atoms with Gasteiger partial charge in [0.25, 0.3) is 5.69 Å². The predicted octanol–water partition coefficient (Wildman–Crippen LogP) is 1.35. The molecule has 0 amide bonds. The summed E-state index contributed by atoms with van der Waals surface area (Å²) in [5, 5.41) is 10.5. The van der Waals surface area contributed by atoms with E-state index >= 15 is 0 Å². The van der Waals surface area contributed by atoms with E-state index in [4.69, 9.17) is 5.53 Å². The van der Waals surface area contributed by atoms with Gasteiger partial charge in [-0.3, -0.25) is 10.1 Å². The number of aromatic nitrogens is 2. The van der Waals surface area contributed by atoms with E-state index in [0.29, 0.717) is 3.97 Å². The third-order valence-corrected chi connectivity index (χ3v) is 3.16. The summed E-state index contributed by atoms with van der Waals surface area (Å²) in [5.74, 6) is 0. The van der Waals surface area contributed by atoms with Crippen LogP contribution in [0.2, 0.25) is 0 Å². The molecule has 1 heterocycles. The molecular formula is C7H4N6O4S. The molecule has 0 aliphatic heterocycles. The monoisotopic (exact) mass is 268 g/mol. The lowest BCUT2D eigenvalue weighted by Gasteiger charge is -1.98. The van der Waals surface area contributed by atoms with Gasteiger partial charge in [-0.15, -0.1) is 0 Å². The topological polar surface area (TPSA) is 144 Å². The van der Waals surface area contributed by atoms with Crippen LogP contribution in [0.15, 0.2) is 29.0 Å². The molecule has 0 radical (unpaired) electrons. The van der Waals surface area contributed by atoms with Crippen molar-refractivity contribution in [1.82, 2.24) is 8.96 Å². The molecule has 0 aliphatic rings. The Balaban J connectivity index is 2.71. The summed E-state index contributed by atoms with van der Waals surface area (Å²) in [6.45, 7) is 0. The third kappa shape index (κ3) is 1.83. The van der Waals surface area contributed by atoms with E-state index in [1.54, 1.807) is 0 Å². The summed E-state index contributed by atoms with van der Waals surface area (Å²) >= 11 is 0. The largest absolute Gasteiger partial charge is 0.329 e. The van der Waals surface area contributed by atoms with Crippen molar-refractivity contribution in [3.63, 3.8) is 0 Å². The molecule has 0 saturated heterocycles. The van der Waals surface area contributed by atoms with Crippen molar-refractivity contribution in [1.29, 1.82) is 0 Å². The summed E-state index contributed by atoms with van der Waals surface area (Å²) in [5.41, 5.74) is 8.13. The molecular weight excluding hydrogens is 264 g/mol. The molecule has 1 aromatic heterocycles. The van der Waals surface area contributed by atoms with Gasteiger partial charge in [-0.25, -0.2) is 8.96 Å². The molecule has 1 aromatic carbocycles. The Morgan fingerprint density at radius 1 is 1.50 bits per heavy atom. The van der Waals surface area contributed by atoms with Crippen molar-refractivity contribution in [2.75, 3.05) is 0 Å². The fourth-order valence-corrected chi connectivity index (χ4v) is 2.10. The van der Waals surface area contributed by atoms with Crippen molar-refractivity contribution in [2.24, 2.45) is 4.52 Å². The number of non-ortho nitro benzene ring substituents is 1. The first kappa shape index (κ1) is 11.8. The molecule has 0 N–H and O–H groups in total. The van der Waals surface area contributed by atoms with Gasteiger partial charge in [0.1, 0.15) is 6.33 Å². The van der Waals surface area contributed by atoms with Crippen molar-refractivity contribution in [2.45, 2.75) is 0 Å². The first-order valence-electron chi connectivity index (χ1n) is 4.39. The number of imidazole rings is 1. The van der Waals surface area contributed by atoms with Gasteiger partial charge in [-0.1, -0.05) is 0 Å². The Hall–Kier alpha value is -2.65. The molecule has 18 heavy (non-hydrogen) atoms. The maximum Gasteiger partial charge on any atom is 0.329 e. The second kappa shape index (κ2) is 3.98. The molecule has 2 rings (SSSR count). The molecule has 0 unspecified atom stereocenters. The lowest BCUT2D eigenvalue weighted by atomic mass is 10.3. The lowest BCUT2D eigenvalue weighted by Crippen LogP contribution is -2.06. The van der Waals surface area contributed by atoms with Crippen LogP contribution in [0.4, 0.5) is 5.69 Å². The second-order valence-corrected chi connectivity index (χ2v) is 4.57. The molecule has 92 valence electrons. The number of hydrogen-bond donors (Lipinski definition) is 0.